The Hall–Kier alpha value is -1.92. The highest BCUT2D eigenvalue weighted by atomic mass is 16.6. The van der Waals surface area contributed by atoms with Gasteiger partial charge >= 0.3 is 6.09 Å². The predicted octanol–water partition coefficient (Wildman–Crippen LogP) is 2.68. The van der Waals surface area contributed by atoms with Crippen molar-refractivity contribution in [3.8, 4) is 0 Å². The van der Waals surface area contributed by atoms with E-state index in [2.05, 4.69) is 29.6 Å². The van der Waals surface area contributed by atoms with Crippen molar-refractivity contribution in [2.45, 2.75) is 59.6 Å². The average molecular weight is 311 g/mol. The van der Waals surface area contributed by atoms with Gasteiger partial charge in [-0.2, -0.15) is 5.10 Å². The van der Waals surface area contributed by atoms with Gasteiger partial charge < -0.3 is 21.1 Å². The number of hydrogen-bond donors (Lipinski definition) is 3. The molecule has 0 atom stereocenters. The van der Waals surface area contributed by atoms with Crippen LogP contribution >= 0.6 is 0 Å². The van der Waals surface area contributed by atoms with Crippen LogP contribution < -0.4 is 16.4 Å². The molecule has 0 radical (unpaired) electrons. The van der Waals surface area contributed by atoms with Gasteiger partial charge in [0.1, 0.15) is 11.4 Å². The Morgan fingerprint density at radius 1 is 1.36 bits per heavy atom. The lowest BCUT2D eigenvalue weighted by Crippen LogP contribution is -2.33. The van der Waals surface area contributed by atoms with Gasteiger partial charge in [0.15, 0.2) is 0 Å². The number of rotatable bonds is 6. The fourth-order valence-corrected chi connectivity index (χ4v) is 1.91. The molecule has 1 rings (SSSR count). The molecule has 0 saturated heterocycles. The van der Waals surface area contributed by atoms with Crippen LogP contribution in [-0.4, -0.2) is 34.6 Å². The second kappa shape index (κ2) is 7.38. The van der Waals surface area contributed by atoms with E-state index in [0.717, 1.165) is 17.9 Å². The molecular weight excluding hydrogens is 282 g/mol. The van der Waals surface area contributed by atoms with Gasteiger partial charge in [-0.3, -0.25) is 0 Å². The summed E-state index contributed by atoms with van der Waals surface area (Å²) >= 11 is 0. The van der Waals surface area contributed by atoms with E-state index in [0.29, 0.717) is 18.8 Å². The van der Waals surface area contributed by atoms with E-state index in [1.807, 2.05) is 32.4 Å². The van der Waals surface area contributed by atoms with E-state index in [9.17, 15) is 4.79 Å². The number of alkyl carbamates (subject to hydrolysis) is 1. The molecular formula is C15H29N5O2. The first-order valence-electron chi connectivity index (χ1n) is 7.67. The summed E-state index contributed by atoms with van der Waals surface area (Å²) in [5.41, 5.74) is 7.06. The number of carbonyl (C=O) groups excluding carboxylic acids is 1. The minimum Gasteiger partial charge on any atom is -0.444 e. The van der Waals surface area contributed by atoms with Gasteiger partial charge in [0, 0.05) is 19.1 Å². The molecule has 1 aromatic heterocycles. The fourth-order valence-electron chi connectivity index (χ4n) is 1.91. The minimum atomic E-state index is -0.474. The van der Waals surface area contributed by atoms with Crippen LogP contribution in [0.1, 0.15) is 52.8 Å². The summed E-state index contributed by atoms with van der Waals surface area (Å²) in [6, 6.07) is 0.235. The molecule has 0 bridgehead atoms. The van der Waals surface area contributed by atoms with Gasteiger partial charge in [-0.15, -0.1) is 0 Å². The van der Waals surface area contributed by atoms with Crippen molar-refractivity contribution < 1.29 is 9.53 Å². The topological polar surface area (TPSA) is 94.2 Å². The Balaban J connectivity index is 2.38. The highest BCUT2D eigenvalue weighted by Gasteiger charge is 2.16. The molecule has 0 aromatic carbocycles. The Bertz CT molecular complexity index is 503. The Kier molecular flexibility index (Phi) is 6.08. The third-order valence-electron chi connectivity index (χ3n) is 2.94. The Morgan fingerprint density at radius 2 is 2.00 bits per heavy atom. The molecule has 7 nitrogen and oxygen atoms in total. The molecule has 0 aliphatic heterocycles. The van der Waals surface area contributed by atoms with Crippen LogP contribution in [0.4, 0.5) is 16.3 Å². The monoisotopic (exact) mass is 311 g/mol. The number of aryl methyl sites for hydroxylation is 1. The number of nitrogens with one attached hydrogen (secondary N) is 2. The number of hydrogen-bond acceptors (Lipinski definition) is 5. The molecule has 1 amide bonds. The van der Waals surface area contributed by atoms with Gasteiger partial charge in [-0.05, 0) is 48.0 Å². The van der Waals surface area contributed by atoms with Crippen molar-refractivity contribution in [2.24, 2.45) is 0 Å². The van der Waals surface area contributed by atoms with Crippen LogP contribution in [0.25, 0.3) is 0 Å². The number of anilines is 2. The smallest absolute Gasteiger partial charge is 0.407 e. The van der Waals surface area contributed by atoms with E-state index >= 15 is 0 Å². The van der Waals surface area contributed by atoms with Crippen LogP contribution in [0.5, 0.6) is 0 Å². The summed E-state index contributed by atoms with van der Waals surface area (Å²) in [5, 5.41) is 10.4. The first kappa shape index (κ1) is 18.1. The lowest BCUT2D eigenvalue weighted by atomic mass is 10.2. The maximum Gasteiger partial charge on any atom is 0.407 e. The third-order valence-corrected chi connectivity index (χ3v) is 2.94. The lowest BCUT2D eigenvalue weighted by molar-refractivity contribution is 0.0528. The van der Waals surface area contributed by atoms with Crippen LogP contribution in [0.15, 0.2) is 0 Å². The molecule has 126 valence electrons. The van der Waals surface area contributed by atoms with E-state index in [1.54, 1.807) is 0 Å². The van der Waals surface area contributed by atoms with Crippen molar-refractivity contribution in [1.82, 2.24) is 15.1 Å². The number of carbonyl (C=O) groups is 1. The molecule has 0 aliphatic carbocycles. The molecule has 4 N–H and O–H groups in total. The van der Waals surface area contributed by atoms with E-state index in [-0.39, 0.29) is 6.04 Å². The van der Waals surface area contributed by atoms with E-state index < -0.39 is 11.7 Å². The van der Waals surface area contributed by atoms with Crippen LogP contribution in [0, 0.1) is 6.92 Å². The molecule has 1 heterocycles. The zero-order chi connectivity index (χ0) is 16.9. The largest absolute Gasteiger partial charge is 0.444 e. The van der Waals surface area contributed by atoms with Gasteiger partial charge in [0.05, 0.1) is 11.4 Å². The fraction of sp³-hybridized carbons (Fsp3) is 0.733. The summed E-state index contributed by atoms with van der Waals surface area (Å²) in [6.45, 7) is 12.8. The van der Waals surface area contributed by atoms with Crippen molar-refractivity contribution in [3.63, 3.8) is 0 Å². The molecule has 1 aromatic rings. The number of nitrogens with two attached hydrogens (primary N) is 1. The van der Waals surface area contributed by atoms with Crippen molar-refractivity contribution >= 4 is 17.6 Å². The second-order valence-electron chi connectivity index (χ2n) is 6.60. The number of amides is 1. The van der Waals surface area contributed by atoms with Crippen molar-refractivity contribution in [1.29, 1.82) is 0 Å². The number of ether oxygens (including phenoxy) is 1. The number of aromatic nitrogens is 2. The zero-order valence-corrected chi connectivity index (χ0v) is 14.5. The van der Waals surface area contributed by atoms with Gasteiger partial charge in [0.2, 0.25) is 0 Å². The van der Waals surface area contributed by atoms with E-state index in [1.165, 1.54) is 0 Å². The quantitative estimate of drug-likeness (QED) is 0.702. The first-order chi connectivity index (χ1) is 10.1. The van der Waals surface area contributed by atoms with E-state index in [4.69, 9.17) is 10.5 Å². The van der Waals surface area contributed by atoms with Crippen LogP contribution in [0.2, 0.25) is 0 Å². The normalized spacial score (nSPS) is 11.6. The maximum atomic E-state index is 11.5. The lowest BCUT2D eigenvalue weighted by Gasteiger charge is -2.19. The standard InChI is InChI=1S/C15H29N5O2/c1-10(2)20-13(12(16)11(3)19-20)17-8-7-9-18-14(21)22-15(4,5)6/h10,17H,7-9,16H2,1-6H3,(H,18,21). The molecule has 7 heteroatoms. The third kappa shape index (κ3) is 5.46. The maximum absolute atomic E-state index is 11.5. The highest BCUT2D eigenvalue weighted by Crippen LogP contribution is 2.25. The van der Waals surface area contributed by atoms with Crippen molar-refractivity contribution in [2.75, 3.05) is 24.1 Å². The molecule has 0 unspecified atom stereocenters. The summed E-state index contributed by atoms with van der Waals surface area (Å²) in [6.07, 6.45) is 0.371. The second-order valence-corrected chi connectivity index (χ2v) is 6.60. The summed E-state index contributed by atoms with van der Waals surface area (Å²) < 4.78 is 7.05. The predicted molar refractivity (Wildman–Crippen MR) is 89.1 cm³/mol. The zero-order valence-electron chi connectivity index (χ0n) is 14.5. The molecule has 0 fully saturated rings. The molecule has 22 heavy (non-hydrogen) atoms. The van der Waals surface area contributed by atoms with Crippen LogP contribution in [0.3, 0.4) is 0 Å². The summed E-state index contributed by atoms with van der Waals surface area (Å²) in [4.78, 5) is 11.5. The first-order valence-corrected chi connectivity index (χ1v) is 7.67. The van der Waals surface area contributed by atoms with Gasteiger partial charge in [-0.25, -0.2) is 9.48 Å². The van der Waals surface area contributed by atoms with Gasteiger partial charge in [-0.1, -0.05) is 0 Å². The van der Waals surface area contributed by atoms with Gasteiger partial charge in [0.25, 0.3) is 0 Å². The SMILES string of the molecule is Cc1nn(C(C)C)c(NCCCNC(=O)OC(C)(C)C)c1N. The number of nitrogen functional groups attached to an aromatic ring is 1. The summed E-state index contributed by atoms with van der Waals surface area (Å²) in [5.74, 6) is 0.838. The molecule has 0 aliphatic rings. The number of nitrogens with zero attached hydrogens (tertiary/aromatic N) is 2. The van der Waals surface area contributed by atoms with Crippen LogP contribution in [-0.2, 0) is 4.74 Å². The van der Waals surface area contributed by atoms with Crippen molar-refractivity contribution in [3.05, 3.63) is 5.69 Å². The molecule has 0 spiro atoms. The molecule has 0 saturated carbocycles. The highest BCUT2D eigenvalue weighted by molar-refractivity contribution is 5.67. The Morgan fingerprint density at radius 3 is 2.55 bits per heavy atom. The minimum absolute atomic E-state index is 0.235. The summed E-state index contributed by atoms with van der Waals surface area (Å²) in [7, 11) is 0. The Labute approximate surface area is 132 Å². The average Bonchev–Trinajstić information content (AvgIpc) is 2.64.